The molecule has 23 heavy (non-hydrogen) atoms. The van der Waals surface area contributed by atoms with Crippen molar-refractivity contribution in [2.75, 3.05) is 6.79 Å². The molecule has 1 heterocycles. The summed E-state index contributed by atoms with van der Waals surface area (Å²) >= 11 is 7.93. The number of carbonyl (C=O) groups excluding carboxylic acids is 2. The number of rotatable bonds is 2. The van der Waals surface area contributed by atoms with Crippen LogP contribution in [0.2, 0.25) is 5.02 Å². The van der Waals surface area contributed by atoms with Crippen LogP contribution in [0, 0.1) is 3.57 Å². The van der Waals surface area contributed by atoms with E-state index in [9.17, 15) is 9.59 Å². The van der Waals surface area contributed by atoms with Crippen molar-refractivity contribution < 1.29 is 19.1 Å². The highest BCUT2D eigenvalue weighted by atomic mass is 127. The molecule has 0 saturated carbocycles. The minimum Gasteiger partial charge on any atom is -0.454 e. The van der Waals surface area contributed by atoms with E-state index in [2.05, 4.69) is 10.9 Å². The van der Waals surface area contributed by atoms with E-state index in [0.29, 0.717) is 27.6 Å². The summed E-state index contributed by atoms with van der Waals surface area (Å²) in [7, 11) is 0. The van der Waals surface area contributed by atoms with Crippen LogP contribution in [0.25, 0.3) is 0 Å². The first kappa shape index (κ1) is 15.9. The summed E-state index contributed by atoms with van der Waals surface area (Å²) < 4.78 is 11.1. The summed E-state index contributed by atoms with van der Waals surface area (Å²) in [5, 5.41) is 0.562. The zero-order valence-corrected chi connectivity index (χ0v) is 14.5. The average molecular weight is 445 g/mol. The van der Waals surface area contributed by atoms with E-state index in [1.54, 1.807) is 36.4 Å². The molecule has 2 amide bonds. The third-order valence-electron chi connectivity index (χ3n) is 3.11. The number of hydrazine groups is 1. The number of nitrogens with one attached hydrogen (secondary N) is 2. The number of benzene rings is 2. The molecule has 0 fully saturated rings. The molecule has 2 N–H and O–H groups in total. The molecule has 118 valence electrons. The van der Waals surface area contributed by atoms with E-state index in [4.69, 9.17) is 21.1 Å². The minimum absolute atomic E-state index is 0.131. The predicted molar refractivity (Wildman–Crippen MR) is 91.7 cm³/mol. The molecular weight excluding hydrogens is 435 g/mol. The molecule has 0 spiro atoms. The van der Waals surface area contributed by atoms with Gasteiger partial charge in [0.05, 0.1) is 5.02 Å². The van der Waals surface area contributed by atoms with E-state index in [-0.39, 0.29) is 6.79 Å². The number of hydrogen-bond acceptors (Lipinski definition) is 4. The number of halogens is 2. The standard InChI is InChI=1S/C15H10ClIN2O4/c16-10-3-1-8(5-11(10)17)14(20)18-19-15(21)9-2-4-12-13(6-9)23-7-22-12/h1-6H,7H2,(H,18,20)(H,19,21). The quantitative estimate of drug-likeness (QED) is 0.552. The van der Waals surface area contributed by atoms with E-state index < -0.39 is 11.8 Å². The summed E-state index contributed by atoms with van der Waals surface area (Å²) in [6.07, 6.45) is 0. The Morgan fingerprint density at radius 3 is 2.26 bits per heavy atom. The normalized spacial score (nSPS) is 11.9. The van der Waals surface area contributed by atoms with Gasteiger partial charge in [-0.05, 0) is 59.0 Å². The highest BCUT2D eigenvalue weighted by molar-refractivity contribution is 14.1. The minimum atomic E-state index is -0.458. The molecule has 0 saturated heterocycles. The molecule has 1 aliphatic heterocycles. The molecule has 2 aromatic rings. The van der Waals surface area contributed by atoms with Gasteiger partial charge in [-0.3, -0.25) is 20.4 Å². The van der Waals surface area contributed by atoms with Crippen molar-refractivity contribution in [2.24, 2.45) is 0 Å². The van der Waals surface area contributed by atoms with Gasteiger partial charge in [0, 0.05) is 14.7 Å². The summed E-state index contributed by atoms with van der Waals surface area (Å²) in [6, 6.07) is 9.60. The molecule has 0 aliphatic carbocycles. The first-order chi connectivity index (χ1) is 11.0. The Labute approximate surface area is 150 Å². The van der Waals surface area contributed by atoms with E-state index in [0.717, 1.165) is 3.57 Å². The van der Waals surface area contributed by atoms with Crippen LogP contribution < -0.4 is 20.3 Å². The van der Waals surface area contributed by atoms with Crippen LogP contribution in [0.3, 0.4) is 0 Å². The predicted octanol–water partition coefficient (Wildman–Crippen LogP) is 2.75. The SMILES string of the molecule is O=C(NNC(=O)c1ccc2c(c1)OCO2)c1ccc(Cl)c(I)c1. The Morgan fingerprint density at radius 1 is 0.957 bits per heavy atom. The molecular formula is C15H10ClIN2O4. The number of amides is 2. The summed E-state index contributed by atoms with van der Waals surface area (Å²) in [4.78, 5) is 24.1. The van der Waals surface area contributed by atoms with Gasteiger partial charge in [0.1, 0.15) is 0 Å². The lowest BCUT2D eigenvalue weighted by Gasteiger charge is -2.08. The Morgan fingerprint density at radius 2 is 1.57 bits per heavy atom. The van der Waals surface area contributed by atoms with Crippen LogP contribution >= 0.6 is 34.2 Å². The van der Waals surface area contributed by atoms with Crippen LogP contribution in [0.15, 0.2) is 36.4 Å². The smallest absolute Gasteiger partial charge is 0.269 e. The summed E-state index contributed by atoms with van der Waals surface area (Å²) in [5.74, 6) is 0.187. The molecule has 0 bridgehead atoms. The molecule has 6 nitrogen and oxygen atoms in total. The van der Waals surface area contributed by atoms with E-state index in [1.165, 1.54) is 0 Å². The monoisotopic (exact) mass is 444 g/mol. The third-order valence-corrected chi connectivity index (χ3v) is 4.65. The first-order valence-corrected chi connectivity index (χ1v) is 7.95. The van der Waals surface area contributed by atoms with Crippen molar-refractivity contribution >= 4 is 46.0 Å². The number of fused-ring (bicyclic) bond motifs is 1. The van der Waals surface area contributed by atoms with Crippen molar-refractivity contribution in [1.82, 2.24) is 10.9 Å². The fourth-order valence-corrected chi connectivity index (χ4v) is 2.57. The van der Waals surface area contributed by atoms with Crippen molar-refractivity contribution in [3.63, 3.8) is 0 Å². The lowest BCUT2D eigenvalue weighted by atomic mass is 10.2. The average Bonchev–Trinajstić information content (AvgIpc) is 3.02. The van der Waals surface area contributed by atoms with Crippen LogP contribution in [0.1, 0.15) is 20.7 Å². The van der Waals surface area contributed by atoms with Crippen molar-refractivity contribution in [3.05, 3.63) is 56.1 Å². The van der Waals surface area contributed by atoms with Gasteiger partial charge < -0.3 is 9.47 Å². The van der Waals surface area contributed by atoms with Gasteiger partial charge in [0.2, 0.25) is 6.79 Å². The van der Waals surface area contributed by atoms with E-state index in [1.807, 2.05) is 22.6 Å². The van der Waals surface area contributed by atoms with Crippen LogP contribution in [-0.4, -0.2) is 18.6 Å². The number of carbonyl (C=O) groups is 2. The highest BCUT2D eigenvalue weighted by Crippen LogP contribution is 2.32. The van der Waals surface area contributed by atoms with Crippen molar-refractivity contribution in [2.45, 2.75) is 0 Å². The number of hydrogen-bond donors (Lipinski definition) is 2. The van der Waals surface area contributed by atoms with Crippen molar-refractivity contribution in [1.29, 1.82) is 0 Å². The zero-order valence-electron chi connectivity index (χ0n) is 11.6. The Kier molecular flexibility index (Phi) is 4.58. The van der Waals surface area contributed by atoms with Crippen LogP contribution in [0.4, 0.5) is 0 Å². The molecule has 8 heteroatoms. The van der Waals surface area contributed by atoms with Crippen LogP contribution in [0.5, 0.6) is 11.5 Å². The Bertz CT molecular complexity index is 797. The lowest BCUT2D eigenvalue weighted by molar-refractivity contribution is 0.0846. The summed E-state index contributed by atoms with van der Waals surface area (Å²) in [6.45, 7) is 0.131. The van der Waals surface area contributed by atoms with Gasteiger partial charge in [0.15, 0.2) is 11.5 Å². The second-order valence-electron chi connectivity index (χ2n) is 4.61. The van der Waals surface area contributed by atoms with Gasteiger partial charge in [-0.2, -0.15) is 0 Å². The maximum Gasteiger partial charge on any atom is 0.269 e. The molecule has 2 aromatic carbocycles. The Balaban J connectivity index is 1.64. The molecule has 0 unspecified atom stereocenters. The van der Waals surface area contributed by atoms with Gasteiger partial charge in [-0.15, -0.1) is 0 Å². The second kappa shape index (κ2) is 6.63. The molecule has 1 aliphatic rings. The lowest BCUT2D eigenvalue weighted by Crippen LogP contribution is -2.41. The first-order valence-electron chi connectivity index (χ1n) is 6.50. The fraction of sp³-hybridized carbons (Fsp3) is 0.0667. The molecule has 0 aromatic heterocycles. The molecule has 3 rings (SSSR count). The molecule has 0 radical (unpaired) electrons. The highest BCUT2D eigenvalue weighted by Gasteiger charge is 2.16. The maximum absolute atomic E-state index is 12.1. The van der Waals surface area contributed by atoms with Gasteiger partial charge in [-0.25, -0.2) is 0 Å². The number of ether oxygens (including phenoxy) is 2. The van der Waals surface area contributed by atoms with Crippen LogP contribution in [-0.2, 0) is 0 Å². The second-order valence-corrected chi connectivity index (χ2v) is 6.17. The Hall–Kier alpha value is -2.00. The zero-order chi connectivity index (χ0) is 16.4. The van der Waals surface area contributed by atoms with Gasteiger partial charge in [0.25, 0.3) is 11.8 Å². The van der Waals surface area contributed by atoms with Crippen molar-refractivity contribution in [3.8, 4) is 11.5 Å². The van der Waals surface area contributed by atoms with Gasteiger partial charge >= 0.3 is 0 Å². The fourth-order valence-electron chi connectivity index (χ4n) is 1.93. The maximum atomic E-state index is 12.1. The van der Waals surface area contributed by atoms with Gasteiger partial charge in [-0.1, -0.05) is 11.6 Å². The third kappa shape index (κ3) is 3.50. The summed E-state index contributed by atoms with van der Waals surface area (Å²) in [5.41, 5.74) is 5.45. The van der Waals surface area contributed by atoms with E-state index >= 15 is 0 Å². The topological polar surface area (TPSA) is 76.7 Å². The largest absolute Gasteiger partial charge is 0.454 e. The molecule has 0 atom stereocenters.